The molecule has 0 amide bonds. The summed E-state index contributed by atoms with van der Waals surface area (Å²) in [4.78, 5) is 13.7. The average molecular weight is 217 g/mol. The fourth-order valence-corrected chi connectivity index (χ4v) is 2.02. The molecule has 2 rings (SSSR count). The summed E-state index contributed by atoms with van der Waals surface area (Å²) in [6.45, 7) is 2.06. The summed E-state index contributed by atoms with van der Waals surface area (Å²) < 4.78 is 5.28. The van der Waals surface area contributed by atoms with Gasteiger partial charge in [0.25, 0.3) is 0 Å². The summed E-state index contributed by atoms with van der Waals surface area (Å²) in [5.74, 6) is 1.07. The van der Waals surface area contributed by atoms with Crippen LogP contribution in [0.3, 0.4) is 0 Å². The molecule has 16 heavy (non-hydrogen) atoms. The fraction of sp³-hybridized carbons (Fsp3) is 0.308. The second-order valence-electron chi connectivity index (χ2n) is 3.93. The van der Waals surface area contributed by atoms with Crippen molar-refractivity contribution < 1.29 is 9.53 Å². The zero-order valence-corrected chi connectivity index (χ0v) is 9.49. The minimum atomic E-state index is 0.238. The number of carbonyl (C=O) groups excluding carboxylic acids is 1. The first kappa shape index (κ1) is 10.7. The maximum Gasteiger partial charge on any atom is 0.142 e. The zero-order valence-electron chi connectivity index (χ0n) is 9.49. The average Bonchev–Trinajstić information content (AvgIpc) is 2.76. The van der Waals surface area contributed by atoms with Gasteiger partial charge in [-0.15, -0.1) is 0 Å². The van der Waals surface area contributed by atoms with Crippen LogP contribution >= 0.6 is 0 Å². The number of benzene rings is 1. The quantitative estimate of drug-likeness (QED) is 0.800. The van der Waals surface area contributed by atoms with Crippen molar-refractivity contribution >= 4 is 17.2 Å². The summed E-state index contributed by atoms with van der Waals surface area (Å²) in [6, 6.07) is 5.99. The van der Waals surface area contributed by atoms with E-state index in [-0.39, 0.29) is 5.92 Å². The highest BCUT2D eigenvalue weighted by Gasteiger charge is 2.12. The van der Waals surface area contributed by atoms with E-state index in [1.165, 1.54) is 5.56 Å². The normalized spacial score (nSPS) is 12.6. The Morgan fingerprint density at radius 3 is 2.94 bits per heavy atom. The number of aldehydes is 1. The molecule has 0 saturated carbocycles. The lowest BCUT2D eigenvalue weighted by Gasteiger charge is -2.11. The Bertz CT molecular complexity index is 502. The van der Waals surface area contributed by atoms with Gasteiger partial charge in [0.15, 0.2) is 0 Å². The number of methoxy groups -OCH3 is 1. The van der Waals surface area contributed by atoms with E-state index in [1.54, 1.807) is 7.11 Å². The van der Waals surface area contributed by atoms with E-state index in [0.29, 0.717) is 6.42 Å². The molecule has 0 aliphatic carbocycles. The molecule has 3 heteroatoms. The van der Waals surface area contributed by atoms with E-state index in [2.05, 4.69) is 11.9 Å². The molecule has 0 fully saturated rings. The van der Waals surface area contributed by atoms with Gasteiger partial charge in [-0.1, -0.05) is 13.0 Å². The van der Waals surface area contributed by atoms with Crippen molar-refractivity contribution in [2.75, 3.05) is 7.11 Å². The zero-order chi connectivity index (χ0) is 11.5. The molecule has 1 aromatic carbocycles. The Morgan fingerprint density at radius 2 is 2.25 bits per heavy atom. The van der Waals surface area contributed by atoms with Crippen LogP contribution in [0.4, 0.5) is 0 Å². The third-order valence-corrected chi connectivity index (χ3v) is 2.92. The van der Waals surface area contributed by atoms with Gasteiger partial charge >= 0.3 is 0 Å². The Balaban J connectivity index is 2.55. The van der Waals surface area contributed by atoms with E-state index in [0.717, 1.165) is 22.9 Å². The van der Waals surface area contributed by atoms with Crippen molar-refractivity contribution in [3.63, 3.8) is 0 Å². The highest BCUT2D eigenvalue weighted by atomic mass is 16.5. The minimum Gasteiger partial charge on any atom is -0.495 e. The number of aromatic nitrogens is 1. The second-order valence-corrected chi connectivity index (χ2v) is 3.93. The van der Waals surface area contributed by atoms with Crippen LogP contribution in [0.5, 0.6) is 5.75 Å². The molecular weight excluding hydrogens is 202 g/mol. The van der Waals surface area contributed by atoms with Crippen molar-refractivity contribution in [3.8, 4) is 5.75 Å². The molecule has 3 nitrogen and oxygen atoms in total. The van der Waals surface area contributed by atoms with Crippen molar-refractivity contribution in [1.29, 1.82) is 0 Å². The molecular formula is C13H15NO2. The number of ether oxygens (including phenoxy) is 1. The number of hydrogen-bond acceptors (Lipinski definition) is 2. The van der Waals surface area contributed by atoms with Crippen molar-refractivity contribution in [2.24, 2.45) is 0 Å². The van der Waals surface area contributed by atoms with Crippen LogP contribution in [0.15, 0.2) is 24.4 Å². The lowest BCUT2D eigenvalue weighted by molar-refractivity contribution is -0.108. The summed E-state index contributed by atoms with van der Waals surface area (Å²) in [7, 11) is 1.66. The number of aromatic amines is 1. The van der Waals surface area contributed by atoms with Crippen LogP contribution < -0.4 is 4.74 Å². The minimum absolute atomic E-state index is 0.238. The second kappa shape index (κ2) is 4.39. The Morgan fingerprint density at radius 1 is 1.44 bits per heavy atom. The molecule has 1 N–H and O–H groups in total. The van der Waals surface area contributed by atoms with Crippen LogP contribution in [0.2, 0.25) is 0 Å². The largest absolute Gasteiger partial charge is 0.495 e. The number of carbonyl (C=O) groups is 1. The lowest BCUT2D eigenvalue weighted by atomic mass is 9.95. The van der Waals surface area contributed by atoms with Gasteiger partial charge in [0, 0.05) is 18.0 Å². The fourth-order valence-electron chi connectivity index (χ4n) is 2.02. The molecule has 1 unspecified atom stereocenters. The van der Waals surface area contributed by atoms with Crippen molar-refractivity contribution in [2.45, 2.75) is 19.3 Å². The van der Waals surface area contributed by atoms with E-state index in [9.17, 15) is 4.79 Å². The maximum absolute atomic E-state index is 10.6. The van der Waals surface area contributed by atoms with Gasteiger partial charge in [-0.2, -0.15) is 0 Å². The van der Waals surface area contributed by atoms with Crippen LogP contribution in [0, 0.1) is 0 Å². The molecule has 1 heterocycles. The topological polar surface area (TPSA) is 42.1 Å². The number of rotatable bonds is 4. The number of hydrogen-bond donors (Lipinski definition) is 1. The number of fused-ring (bicyclic) bond motifs is 1. The molecule has 1 atom stereocenters. The summed E-state index contributed by atoms with van der Waals surface area (Å²) >= 11 is 0. The Kier molecular flexibility index (Phi) is 2.95. The van der Waals surface area contributed by atoms with Gasteiger partial charge in [-0.05, 0) is 23.6 Å². The van der Waals surface area contributed by atoms with Crippen LogP contribution in [0.1, 0.15) is 24.8 Å². The van der Waals surface area contributed by atoms with Gasteiger partial charge in [-0.25, -0.2) is 0 Å². The number of nitrogens with one attached hydrogen (secondary N) is 1. The molecule has 0 saturated heterocycles. The summed E-state index contributed by atoms with van der Waals surface area (Å²) in [5, 5.41) is 1.13. The highest BCUT2D eigenvalue weighted by molar-refractivity contribution is 5.88. The third-order valence-electron chi connectivity index (χ3n) is 2.92. The Hall–Kier alpha value is -1.77. The molecule has 1 aromatic heterocycles. The first-order chi connectivity index (χ1) is 7.77. The molecule has 0 aliphatic rings. The van der Waals surface area contributed by atoms with E-state index < -0.39 is 0 Å². The molecule has 0 aliphatic heterocycles. The molecule has 0 radical (unpaired) electrons. The van der Waals surface area contributed by atoms with Crippen LogP contribution in [-0.2, 0) is 4.79 Å². The van der Waals surface area contributed by atoms with Gasteiger partial charge in [0.05, 0.1) is 12.6 Å². The van der Waals surface area contributed by atoms with Gasteiger partial charge in [-0.3, -0.25) is 0 Å². The Labute approximate surface area is 94.4 Å². The van der Waals surface area contributed by atoms with Crippen molar-refractivity contribution in [3.05, 3.63) is 30.0 Å². The molecule has 0 spiro atoms. The predicted octanol–water partition coefficient (Wildman–Crippen LogP) is 2.87. The summed E-state index contributed by atoms with van der Waals surface area (Å²) in [6.07, 6.45) is 3.41. The standard InChI is InChI=1S/C13H15NO2/c1-9(6-8-15)10-3-4-12(16-2)13-11(10)5-7-14-13/h3-5,7-9,14H,6H2,1-2H3. The van der Waals surface area contributed by atoms with E-state index in [1.807, 2.05) is 24.4 Å². The van der Waals surface area contributed by atoms with E-state index >= 15 is 0 Å². The number of H-pyrrole nitrogens is 1. The first-order valence-electron chi connectivity index (χ1n) is 5.35. The predicted molar refractivity (Wildman–Crippen MR) is 63.9 cm³/mol. The monoisotopic (exact) mass is 217 g/mol. The van der Waals surface area contributed by atoms with Gasteiger partial charge in [0.1, 0.15) is 12.0 Å². The van der Waals surface area contributed by atoms with Crippen molar-refractivity contribution in [1.82, 2.24) is 4.98 Å². The summed E-state index contributed by atoms with van der Waals surface area (Å²) in [5.41, 5.74) is 2.18. The SMILES string of the molecule is COc1ccc(C(C)CC=O)c2cc[nH]c12. The van der Waals surface area contributed by atoms with Gasteiger partial charge < -0.3 is 14.5 Å². The highest BCUT2D eigenvalue weighted by Crippen LogP contribution is 2.32. The smallest absolute Gasteiger partial charge is 0.142 e. The maximum atomic E-state index is 10.6. The third kappa shape index (κ3) is 1.69. The lowest BCUT2D eigenvalue weighted by Crippen LogP contribution is -1.96. The molecule has 0 bridgehead atoms. The van der Waals surface area contributed by atoms with Crippen LogP contribution in [-0.4, -0.2) is 18.4 Å². The first-order valence-corrected chi connectivity index (χ1v) is 5.35. The van der Waals surface area contributed by atoms with E-state index in [4.69, 9.17) is 4.74 Å². The van der Waals surface area contributed by atoms with Gasteiger partial charge in [0.2, 0.25) is 0 Å². The molecule has 2 aromatic rings. The van der Waals surface area contributed by atoms with Crippen LogP contribution in [0.25, 0.3) is 10.9 Å². The molecule has 84 valence electrons.